The minimum atomic E-state index is -0.709. The summed E-state index contributed by atoms with van der Waals surface area (Å²) < 4.78 is 5.00. The SMILES string of the molecule is Cc1[nH]c(C(=O)OCC(=O)Nc2cccnc2Cl)c(C)c1C(C)O. The van der Waals surface area contributed by atoms with Gasteiger partial charge in [0.05, 0.1) is 11.8 Å². The Morgan fingerprint density at radius 1 is 1.46 bits per heavy atom. The molecule has 24 heavy (non-hydrogen) atoms. The van der Waals surface area contributed by atoms with Crippen LogP contribution in [0.15, 0.2) is 18.3 Å². The second-order valence-electron chi connectivity index (χ2n) is 5.31. The van der Waals surface area contributed by atoms with Crippen LogP contribution in [0.5, 0.6) is 0 Å². The molecule has 128 valence electrons. The molecule has 0 aliphatic carbocycles. The summed E-state index contributed by atoms with van der Waals surface area (Å²) in [6.45, 7) is 4.61. The van der Waals surface area contributed by atoms with E-state index >= 15 is 0 Å². The van der Waals surface area contributed by atoms with Crippen LogP contribution in [0.3, 0.4) is 0 Å². The number of aromatic nitrogens is 2. The molecule has 1 unspecified atom stereocenters. The first-order valence-corrected chi connectivity index (χ1v) is 7.63. The van der Waals surface area contributed by atoms with Crippen molar-refractivity contribution in [3.05, 3.63) is 46.0 Å². The van der Waals surface area contributed by atoms with Gasteiger partial charge in [0.15, 0.2) is 11.8 Å². The molecule has 0 fully saturated rings. The minimum Gasteiger partial charge on any atom is -0.451 e. The quantitative estimate of drug-likeness (QED) is 0.567. The summed E-state index contributed by atoms with van der Waals surface area (Å²) in [6, 6.07) is 3.21. The number of ether oxygens (including phenoxy) is 1. The summed E-state index contributed by atoms with van der Waals surface area (Å²) >= 11 is 5.84. The zero-order chi connectivity index (χ0) is 17.9. The summed E-state index contributed by atoms with van der Waals surface area (Å²) in [5.41, 5.74) is 2.48. The second kappa shape index (κ2) is 7.46. The maximum absolute atomic E-state index is 12.1. The van der Waals surface area contributed by atoms with Gasteiger partial charge < -0.3 is 20.1 Å². The van der Waals surface area contributed by atoms with Crippen LogP contribution in [0.4, 0.5) is 5.69 Å². The number of carbonyl (C=O) groups is 2. The fraction of sp³-hybridized carbons (Fsp3) is 0.312. The van der Waals surface area contributed by atoms with Gasteiger partial charge in [0.2, 0.25) is 0 Å². The maximum Gasteiger partial charge on any atom is 0.355 e. The van der Waals surface area contributed by atoms with E-state index in [9.17, 15) is 14.7 Å². The fourth-order valence-electron chi connectivity index (χ4n) is 2.46. The second-order valence-corrected chi connectivity index (χ2v) is 5.66. The van der Waals surface area contributed by atoms with E-state index in [2.05, 4.69) is 15.3 Å². The number of carbonyl (C=O) groups excluding carboxylic acids is 2. The largest absolute Gasteiger partial charge is 0.451 e. The van der Waals surface area contributed by atoms with E-state index in [1.54, 1.807) is 32.9 Å². The maximum atomic E-state index is 12.1. The number of H-pyrrole nitrogens is 1. The van der Waals surface area contributed by atoms with Gasteiger partial charge in [-0.2, -0.15) is 0 Å². The van der Waals surface area contributed by atoms with E-state index in [0.29, 0.717) is 22.5 Å². The van der Waals surface area contributed by atoms with Crippen molar-refractivity contribution in [2.24, 2.45) is 0 Å². The highest BCUT2D eigenvalue weighted by Gasteiger charge is 2.21. The highest BCUT2D eigenvalue weighted by atomic mass is 35.5. The van der Waals surface area contributed by atoms with Crippen molar-refractivity contribution in [1.82, 2.24) is 9.97 Å². The average Bonchev–Trinajstić information content (AvgIpc) is 2.82. The Kier molecular flexibility index (Phi) is 5.58. The molecular weight excluding hydrogens is 334 g/mol. The Morgan fingerprint density at radius 2 is 2.17 bits per heavy atom. The number of amides is 1. The van der Waals surface area contributed by atoms with E-state index in [0.717, 1.165) is 0 Å². The number of halogens is 1. The molecule has 7 nitrogen and oxygen atoms in total. The zero-order valence-corrected chi connectivity index (χ0v) is 14.3. The van der Waals surface area contributed by atoms with Gasteiger partial charge in [0, 0.05) is 17.5 Å². The van der Waals surface area contributed by atoms with Crippen molar-refractivity contribution in [2.75, 3.05) is 11.9 Å². The smallest absolute Gasteiger partial charge is 0.355 e. The van der Waals surface area contributed by atoms with Crippen LogP contribution >= 0.6 is 11.6 Å². The Morgan fingerprint density at radius 3 is 2.75 bits per heavy atom. The van der Waals surface area contributed by atoms with Crippen molar-refractivity contribution in [3.8, 4) is 0 Å². The lowest BCUT2D eigenvalue weighted by Gasteiger charge is -2.08. The van der Waals surface area contributed by atoms with Crippen molar-refractivity contribution >= 4 is 29.2 Å². The number of hydrogen-bond acceptors (Lipinski definition) is 5. The van der Waals surface area contributed by atoms with Gasteiger partial charge >= 0.3 is 5.97 Å². The van der Waals surface area contributed by atoms with Gasteiger partial charge in [0.25, 0.3) is 5.91 Å². The van der Waals surface area contributed by atoms with Crippen LogP contribution in [0.25, 0.3) is 0 Å². The molecule has 2 heterocycles. The summed E-state index contributed by atoms with van der Waals surface area (Å²) in [5, 5.41) is 12.4. The molecule has 0 aliphatic heterocycles. The molecule has 0 spiro atoms. The molecule has 0 saturated carbocycles. The lowest BCUT2D eigenvalue weighted by Crippen LogP contribution is -2.21. The van der Waals surface area contributed by atoms with Gasteiger partial charge in [-0.25, -0.2) is 9.78 Å². The molecule has 1 amide bonds. The Labute approximate surface area is 144 Å². The molecule has 0 aromatic carbocycles. The molecule has 0 bridgehead atoms. The third-order valence-corrected chi connectivity index (χ3v) is 3.79. The number of aliphatic hydroxyl groups is 1. The summed E-state index contributed by atoms with van der Waals surface area (Å²) in [5.74, 6) is -1.20. The molecular formula is C16H18ClN3O4. The van der Waals surface area contributed by atoms with Crippen LogP contribution in [-0.4, -0.2) is 33.6 Å². The predicted octanol–water partition coefficient (Wildman–Crippen LogP) is 2.53. The number of nitrogens with one attached hydrogen (secondary N) is 2. The van der Waals surface area contributed by atoms with Crippen LogP contribution in [0.1, 0.15) is 40.3 Å². The average molecular weight is 352 g/mol. The van der Waals surface area contributed by atoms with Crippen molar-refractivity contribution in [1.29, 1.82) is 0 Å². The number of nitrogens with zero attached hydrogens (tertiary/aromatic N) is 1. The van der Waals surface area contributed by atoms with Gasteiger partial charge in [-0.15, -0.1) is 0 Å². The molecule has 0 aliphatic rings. The van der Waals surface area contributed by atoms with Gasteiger partial charge in [-0.1, -0.05) is 11.6 Å². The van der Waals surface area contributed by atoms with Gasteiger partial charge in [0.1, 0.15) is 5.69 Å². The summed E-state index contributed by atoms with van der Waals surface area (Å²) in [7, 11) is 0. The summed E-state index contributed by atoms with van der Waals surface area (Å²) in [6.07, 6.45) is 0.785. The number of pyridine rings is 1. The van der Waals surface area contributed by atoms with Crippen LogP contribution in [0.2, 0.25) is 5.15 Å². The van der Waals surface area contributed by atoms with E-state index in [4.69, 9.17) is 16.3 Å². The fourth-order valence-corrected chi connectivity index (χ4v) is 2.63. The Hall–Kier alpha value is -2.38. The number of esters is 1. The minimum absolute atomic E-state index is 0.148. The first-order chi connectivity index (χ1) is 11.3. The van der Waals surface area contributed by atoms with E-state index in [1.165, 1.54) is 6.20 Å². The van der Waals surface area contributed by atoms with E-state index in [1.807, 2.05) is 0 Å². The standard InChI is InChI=1S/C16H18ClN3O4/c1-8-13(10(3)21)9(2)19-14(8)16(23)24-7-12(22)20-11-5-4-6-18-15(11)17/h4-6,10,19,21H,7H2,1-3H3,(H,20,22). The third-order valence-electron chi connectivity index (χ3n) is 3.48. The van der Waals surface area contributed by atoms with Crippen molar-refractivity contribution in [2.45, 2.75) is 26.9 Å². The molecule has 0 radical (unpaired) electrons. The lowest BCUT2D eigenvalue weighted by atomic mass is 10.1. The number of hydrogen-bond donors (Lipinski definition) is 3. The molecule has 2 aromatic rings. The molecule has 1 atom stereocenters. The van der Waals surface area contributed by atoms with Gasteiger partial charge in [-0.3, -0.25) is 4.79 Å². The molecule has 2 aromatic heterocycles. The summed E-state index contributed by atoms with van der Waals surface area (Å²) in [4.78, 5) is 30.7. The molecule has 0 saturated heterocycles. The first-order valence-electron chi connectivity index (χ1n) is 7.25. The lowest BCUT2D eigenvalue weighted by molar-refractivity contribution is -0.119. The normalized spacial score (nSPS) is 11.9. The number of aromatic amines is 1. The monoisotopic (exact) mass is 351 g/mol. The molecule has 8 heteroatoms. The van der Waals surface area contributed by atoms with Gasteiger partial charge in [-0.05, 0) is 38.5 Å². The number of aliphatic hydroxyl groups excluding tert-OH is 1. The van der Waals surface area contributed by atoms with Crippen molar-refractivity contribution < 1.29 is 19.4 Å². The molecule has 3 N–H and O–H groups in total. The topological polar surface area (TPSA) is 104 Å². The van der Waals surface area contributed by atoms with Crippen molar-refractivity contribution in [3.63, 3.8) is 0 Å². The van der Waals surface area contributed by atoms with E-state index in [-0.39, 0.29) is 10.8 Å². The first kappa shape index (κ1) is 18.0. The molecule has 2 rings (SSSR count). The van der Waals surface area contributed by atoms with E-state index < -0.39 is 24.6 Å². The third kappa shape index (κ3) is 3.93. The number of aryl methyl sites for hydroxylation is 1. The number of rotatable bonds is 5. The Bertz CT molecular complexity index is 771. The Balaban J connectivity index is 2.00. The van der Waals surface area contributed by atoms with Crippen LogP contribution < -0.4 is 5.32 Å². The zero-order valence-electron chi connectivity index (χ0n) is 13.5. The highest BCUT2D eigenvalue weighted by Crippen LogP contribution is 2.24. The highest BCUT2D eigenvalue weighted by molar-refractivity contribution is 6.32. The van der Waals surface area contributed by atoms with Crippen LogP contribution in [0, 0.1) is 13.8 Å². The van der Waals surface area contributed by atoms with Crippen LogP contribution in [-0.2, 0) is 9.53 Å². The predicted molar refractivity (Wildman–Crippen MR) is 89.1 cm³/mol. The number of anilines is 1.